The van der Waals surface area contributed by atoms with Gasteiger partial charge >= 0.3 is 0 Å². The average molecular weight is 457 g/mol. The second kappa shape index (κ2) is 8.09. The first-order valence-corrected chi connectivity index (χ1v) is 11.5. The first-order valence-electron chi connectivity index (χ1n) is 11.5. The number of aromatic nitrogens is 4. The SMILES string of the molecule is O=C(NCC1CC12CCN(C(=O)c1ccc(-c3ncn[nH]3)cc1)CC2)c1cc2ccncc2o1. The van der Waals surface area contributed by atoms with Crippen molar-refractivity contribution in [1.82, 2.24) is 30.4 Å². The van der Waals surface area contributed by atoms with Crippen LogP contribution in [0.25, 0.3) is 22.4 Å². The Morgan fingerprint density at radius 1 is 1.18 bits per heavy atom. The Balaban J connectivity index is 1.01. The van der Waals surface area contributed by atoms with E-state index in [2.05, 4.69) is 25.5 Å². The maximum atomic E-state index is 13.0. The molecule has 0 bridgehead atoms. The molecule has 6 rings (SSSR count). The standard InChI is InChI=1S/C25H24N6O3/c32-23(20-11-18-5-8-26-14-21(18)34-20)27-13-19-12-25(19)6-9-31(10-7-25)24(33)17-3-1-16(2-4-17)22-28-15-29-30-22/h1-5,8,11,14-15,19H,6-7,9-10,12-13H2,(H,27,32)(H,28,29,30). The van der Waals surface area contributed by atoms with E-state index in [1.165, 1.54) is 6.33 Å². The van der Waals surface area contributed by atoms with Gasteiger partial charge in [0.15, 0.2) is 17.2 Å². The molecule has 1 aliphatic heterocycles. The lowest BCUT2D eigenvalue weighted by molar-refractivity contribution is 0.0668. The second-order valence-electron chi connectivity index (χ2n) is 9.20. The van der Waals surface area contributed by atoms with Gasteiger partial charge in [-0.1, -0.05) is 12.1 Å². The highest BCUT2D eigenvalue weighted by atomic mass is 16.3. The van der Waals surface area contributed by atoms with Crippen LogP contribution in [-0.2, 0) is 0 Å². The van der Waals surface area contributed by atoms with E-state index in [0.29, 0.717) is 35.2 Å². The number of fused-ring (bicyclic) bond motifs is 1. The summed E-state index contributed by atoms with van der Waals surface area (Å²) in [5.41, 5.74) is 2.42. The van der Waals surface area contributed by atoms with Gasteiger partial charge in [0.1, 0.15) is 6.33 Å². The van der Waals surface area contributed by atoms with Crippen LogP contribution in [0.5, 0.6) is 0 Å². The molecule has 4 heterocycles. The fourth-order valence-corrected chi connectivity index (χ4v) is 5.09. The summed E-state index contributed by atoms with van der Waals surface area (Å²) in [5, 5.41) is 10.6. The van der Waals surface area contributed by atoms with Crippen molar-refractivity contribution in [2.45, 2.75) is 19.3 Å². The number of likely N-dealkylation sites (tertiary alicyclic amines) is 1. The number of nitrogens with one attached hydrogen (secondary N) is 2. The molecule has 3 aromatic heterocycles. The minimum absolute atomic E-state index is 0.0591. The van der Waals surface area contributed by atoms with Crippen molar-refractivity contribution in [2.75, 3.05) is 19.6 Å². The molecule has 2 fully saturated rings. The Bertz CT molecular complexity index is 1300. The van der Waals surface area contributed by atoms with E-state index in [4.69, 9.17) is 4.42 Å². The summed E-state index contributed by atoms with van der Waals surface area (Å²) in [4.78, 5) is 35.6. The maximum absolute atomic E-state index is 13.0. The highest BCUT2D eigenvalue weighted by Crippen LogP contribution is 2.59. The molecule has 2 aliphatic rings. The molecule has 9 heteroatoms. The molecule has 0 radical (unpaired) electrons. The summed E-state index contributed by atoms with van der Waals surface area (Å²) < 4.78 is 5.60. The number of furan rings is 1. The molecular weight excluding hydrogens is 432 g/mol. The maximum Gasteiger partial charge on any atom is 0.287 e. The Morgan fingerprint density at radius 3 is 2.74 bits per heavy atom. The molecule has 34 heavy (non-hydrogen) atoms. The molecule has 172 valence electrons. The number of H-pyrrole nitrogens is 1. The van der Waals surface area contributed by atoms with Crippen LogP contribution in [0.1, 0.15) is 40.2 Å². The van der Waals surface area contributed by atoms with Crippen LogP contribution in [-0.4, -0.2) is 56.5 Å². The zero-order valence-electron chi connectivity index (χ0n) is 18.5. The molecule has 9 nitrogen and oxygen atoms in total. The molecule has 1 unspecified atom stereocenters. The first-order chi connectivity index (χ1) is 16.6. The van der Waals surface area contributed by atoms with E-state index in [1.54, 1.807) is 18.5 Å². The monoisotopic (exact) mass is 456 g/mol. The van der Waals surface area contributed by atoms with Gasteiger partial charge < -0.3 is 14.6 Å². The summed E-state index contributed by atoms with van der Waals surface area (Å²) in [6.07, 6.45) is 7.77. The molecule has 1 atom stereocenters. The van der Waals surface area contributed by atoms with Gasteiger partial charge in [-0.05, 0) is 54.9 Å². The Morgan fingerprint density at radius 2 is 2.00 bits per heavy atom. The first kappa shape index (κ1) is 20.6. The van der Waals surface area contributed by atoms with Crippen LogP contribution in [0.3, 0.4) is 0 Å². The summed E-state index contributed by atoms with van der Waals surface area (Å²) in [6, 6.07) is 11.0. The minimum atomic E-state index is -0.195. The number of amides is 2. The van der Waals surface area contributed by atoms with Gasteiger partial charge in [0.25, 0.3) is 11.8 Å². The van der Waals surface area contributed by atoms with Crippen molar-refractivity contribution in [1.29, 1.82) is 0 Å². The molecular formula is C25H24N6O3. The predicted octanol–water partition coefficient (Wildman–Crippen LogP) is 3.29. The molecule has 1 aliphatic carbocycles. The number of aromatic amines is 1. The van der Waals surface area contributed by atoms with Crippen LogP contribution in [0.15, 0.2) is 59.5 Å². The highest BCUT2D eigenvalue weighted by molar-refractivity contribution is 5.96. The normalized spacial score (nSPS) is 18.8. The van der Waals surface area contributed by atoms with E-state index < -0.39 is 0 Å². The molecule has 2 N–H and O–H groups in total. The quantitative estimate of drug-likeness (QED) is 0.476. The van der Waals surface area contributed by atoms with Gasteiger partial charge in [-0.15, -0.1) is 0 Å². The fraction of sp³-hybridized carbons (Fsp3) is 0.320. The number of nitrogens with zero attached hydrogens (tertiary/aromatic N) is 4. The number of hydrogen-bond donors (Lipinski definition) is 2. The van der Waals surface area contributed by atoms with E-state index in [0.717, 1.165) is 43.3 Å². The number of piperidine rings is 1. The summed E-state index contributed by atoms with van der Waals surface area (Å²) in [6.45, 7) is 2.11. The Hall–Kier alpha value is -4.01. The van der Waals surface area contributed by atoms with Crippen molar-refractivity contribution in [2.24, 2.45) is 11.3 Å². The third-order valence-electron chi connectivity index (χ3n) is 7.28. The van der Waals surface area contributed by atoms with Gasteiger partial charge in [-0.25, -0.2) is 4.98 Å². The molecule has 4 aromatic rings. The predicted molar refractivity (Wildman–Crippen MR) is 124 cm³/mol. The van der Waals surface area contributed by atoms with Crippen LogP contribution in [0, 0.1) is 11.3 Å². The lowest BCUT2D eigenvalue weighted by atomic mass is 9.90. The van der Waals surface area contributed by atoms with Crippen molar-refractivity contribution in [3.63, 3.8) is 0 Å². The Kier molecular flexibility index (Phi) is 4.90. The number of hydrogen-bond acceptors (Lipinski definition) is 6. The number of benzene rings is 1. The largest absolute Gasteiger partial charge is 0.449 e. The van der Waals surface area contributed by atoms with Crippen molar-refractivity contribution in [3.8, 4) is 11.4 Å². The van der Waals surface area contributed by atoms with Gasteiger partial charge in [-0.3, -0.25) is 19.7 Å². The van der Waals surface area contributed by atoms with E-state index in [-0.39, 0.29) is 17.2 Å². The highest BCUT2D eigenvalue weighted by Gasteiger charge is 2.54. The molecule has 1 aromatic carbocycles. The summed E-state index contributed by atoms with van der Waals surface area (Å²) in [5.74, 6) is 1.31. The summed E-state index contributed by atoms with van der Waals surface area (Å²) >= 11 is 0. The lowest BCUT2D eigenvalue weighted by Crippen LogP contribution is -2.40. The topological polar surface area (TPSA) is 117 Å². The average Bonchev–Trinajstić information content (AvgIpc) is 3.26. The van der Waals surface area contributed by atoms with Crippen molar-refractivity contribution < 1.29 is 14.0 Å². The molecule has 1 saturated heterocycles. The van der Waals surface area contributed by atoms with E-state index in [9.17, 15) is 9.59 Å². The van der Waals surface area contributed by atoms with Gasteiger partial charge in [0.05, 0.1) is 6.20 Å². The lowest BCUT2D eigenvalue weighted by Gasteiger charge is -2.33. The molecule has 1 spiro atoms. The zero-order chi connectivity index (χ0) is 23.1. The minimum Gasteiger partial charge on any atom is -0.449 e. The molecule has 2 amide bonds. The van der Waals surface area contributed by atoms with Crippen molar-refractivity contribution >= 4 is 22.8 Å². The van der Waals surface area contributed by atoms with E-state index >= 15 is 0 Å². The number of rotatable bonds is 5. The fourth-order valence-electron chi connectivity index (χ4n) is 5.09. The number of pyridine rings is 1. The smallest absolute Gasteiger partial charge is 0.287 e. The molecule has 1 saturated carbocycles. The van der Waals surface area contributed by atoms with Gasteiger partial charge in [-0.2, -0.15) is 5.10 Å². The second-order valence-corrected chi connectivity index (χ2v) is 9.20. The zero-order valence-corrected chi connectivity index (χ0v) is 18.5. The number of carbonyl (C=O) groups is 2. The van der Waals surface area contributed by atoms with Crippen LogP contribution in [0.2, 0.25) is 0 Å². The van der Waals surface area contributed by atoms with Crippen LogP contribution in [0.4, 0.5) is 0 Å². The van der Waals surface area contributed by atoms with Gasteiger partial charge in [0, 0.05) is 42.3 Å². The van der Waals surface area contributed by atoms with Crippen molar-refractivity contribution in [3.05, 3.63) is 66.4 Å². The Labute approximate surface area is 195 Å². The van der Waals surface area contributed by atoms with Gasteiger partial charge in [0.2, 0.25) is 0 Å². The third-order valence-corrected chi connectivity index (χ3v) is 7.28. The van der Waals surface area contributed by atoms with E-state index in [1.807, 2.05) is 35.2 Å². The van der Waals surface area contributed by atoms with Crippen LogP contribution >= 0.6 is 0 Å². The third kappa shape index (κ3) is 3.72. The number of carbonyl (C=O) groups excluding carboxylic acids is 2. The summed E-state index contributed by atoms with van der Waals surface area (Å²) in [7, 11) is 0. The van der Waals surface area contributed by atoms with Crippen LogP contribution < -0.4 is 5.32 Å².